The fraction of sp³-hybridized carbons (Fsp3) is 0. The van der Waals surface area contributed by atoms with Gasteiger partial charge in [0.1, 0.15) is 11.3 Å². The van der Waals surface area contributed by atoms with Gasteiger partial charge in [-0.15, -0.1) is 0 Å². The van der Waals surface area contributed by atoms with Crippen molar-refractivity contribution < 1.29 is 32.1 Å². The van der Waals surface area contributed by atoms with Gasteiger partial charge in [-0.2, -0.15) is 8.42 Å². The molecular formula is C7H6O6S. The monoisotopic (exact) mass is 221 g/mol. The maximum absolute atomic E-state index is 10.9. The van der Waals surface area contributed by atoms with Gasteiger partial charge in [-0.25, -0.2) is 4.79 Å². The molecular weight excluding hydrogens is 212 g/mol. The van der Waals surface area contributed by atoms with E-state index in [2.05, 4.69) is 0 Å². The first kappa shape index (κ1) is 6.80. The summed E-state index contributed by atoms with van der Waals surface area (Å²) < 4.78 is 52.0. The van der Waals surface area contributed by atoms with Crippen molar-refractivity contribution in [2.45, 2.75) is 4.90 Å². The quantitative estimate of drug-likeness (QED) is 0.620. The highest BCUT2D eigenvalue weighted by Crippen LogP contribution is 2.20. The number of hydrogen-bond acceptors (Lipinski definition) is 4. The Kier molecular flexibility index (Phi) is 1.59. The first-order valence-corrected chi connectivity index (χ1v) is 4.56. The molecule has 0 bridgehead atoms. The number of phenols is 1. The second-order valence-electron chi connectivity index (χ2n) is 2.21. The third kappa shape index (κ3) is 2.01. The maximum Gasteiger partial charge on any atom is 0.339 e. The van der Waals surface area contributed by atoms with Crippen LogP contribution in [-0.4, -0.2) is 29.2 Å². The molecule has 0 atom stereocenters. The molecule has 0 fully saturated rings. The van der Waals surface area contributed by atoms with Crippen LogP contribution in [0.2, 0.25) is 0 Å². The van der Waals surface area contributed by atoms with Crippen LogP contribution in [0.5, 0.6) is 5.75 Å². The van der Waals surface area contributed by atoms with E-state index in [0.717, 1.165) is 0 Å². The van der Waals surface area contributed by atoms with Crippen LogP contribution in [0.3, 0.4) is 0 Å². The predicted molar refractivity (Wildman–Crippen MR) is 44.9 cm³/mol. The molecule has 0 unspecified atom stereocenters. The molecule has 1 aromatic rings. The Morgan fingerprint density at radius 1 is 1.43 bits per heavy atom. The van der Waals surface area contributed by atoms with Crippen molar-refractivity contribution in [2.75, 3.05) is 0 Å². The number of hydrogen-bond donors (Lipinski definition) is 3. The van der Waals surface area contributed by atoms with Gasteiger partial charge < -0.3 is 10.2 Å². The summed E-state index contributed by atoms with van der Waals surface area (Å²) in [7, 11) is -5.03. The molecule has 3 N–H and O–H groups in total. The number of benzene rings is 1. The van der Waals surface area contributed by atoms with E-state index in [-0.39, 0.29) is 0 Å². The molecule has 0 amide bonds. The summed E-state index contributed by atoms with van der Waals surface area (Å²) in [6.45, 7) is 0. The summed E-state index contributed by atoms with van der Waals surface area (Å²) in [6.07, 6.45) is 0. The Hall–Kier alpha value is -1.60. The number of aromatic hydroxyl groups is 1. The molecule has 0 aliphatic carbocycles. The van der Waals surface area contributed by atoms with Gasteiger partial charge in [-0.1, -0.05) is 0 Å². The van der Waals surface area contributed by atoms with Gasteiger partial charge >= 0.3 is 5.97 Å². The van der Waals surface area contributed by atoms with Crippen LogP contribution in [0.25, 0.3) is 0 Å². The normalized spacial score (nSPS) is 14.2. The van der Waals surface area contributed by atoms with Gasteiger partial charge in [0, 0.05) is 0 Å². The lowest BCUT2D eigenvalue weighted by Gasteiger charge is -2.01. The van der Waals surface area contributed by atoms with E-state index in [1.807, 2.05) is 0 Å². The molecule has 76 valence electrons. The third-order valence-corrected chi connectivity index (χ3v) is 1.96. The van der Waals surface area contributed by atoms with E-state index >= 15 is 0 Å². The van der Waals surface area contributed by atoms with Crippen molar-refractivity contribution >= 4 is 16.1 Å². The number of aromatic carboxylic acids is 1. The van der Waals surface area contributed by atoms with Crippen molar-refractivity contribution in [2.24, 2.45) is 0 Å². The molecule has 0 heterocycles. The average molecular weight is 221 g/mol. The Labute approximate surface area is 83.4 Å². The summed E-state index contributed by atoms with van der Waals surface area (Å²) >= 11 is 0. The standard InChI is InChI=1S/C7H6O6S/c8-6-2-1-4(14(11,12)13)3-5(6)7(9)10/h1-3,8H,(H,9,10)(H,11,12,13)/i1D,2D,3D. The van der Waals surface area contributed by atoms with Crippen molar-refractivity contribution in [3.8, 4) is 5.75 Å². The van der Waals surface area contributed by atoms with Gasteiger partial charge in [-0.3, -0.25) is 4.55 Å². The molecule has 0 aliphatic heterocycles. The molecule has 0 saturated heterocycles. The minimum atomic E-state index is -5.03. The van der Waals surface area contributed by atoms with Crippen LogP contribution in [-0.2, 0) is 10.1 Å². The van der Waals surface area contributed by atoms with E-state index in [4.69, 9.17) is 13.8 Å². The first-order valence-electron chi connectivity index (χ1n) is 4.62. The van der Waals surface area contributed by atoms with Crippen LogP contribution >= 0.6 is 0 Å². The minimum absolute atomic E-state index is 1.09. The third-order valence-electron chi connectivity index (χ3n) is 1.24. The van der Waals surface area contributed by atoms with E-state index in [0.29, 0.717) is 0 Å². The number of rotatable bonds is 2. The summed E-state index contributed by atoms with van der Waals surface area (Å²) in [4.78, 5) is 9.36. The molecule has 1 aromatic carbocycles. The summed E-state index contributed by atoms with van der Waals surface area (Å²) in [5.41, 5.74) is -1.15. The van der Waals surface area contributed by atoms with Gasteiger partial charge in [0.2, 0.25) is 0 Å². The predicted octanol–water partition coefficient (Wildman–Crippen LogP) is 0.337. The first-order chi connectivity index (χ1) is 7.59. The molecule has 0 aliphatic rings. The highest BCUT2D eigenvalue weighted by Gasteiger charge is 2.15. The number of carbonyl (C=O) groups is 1. The topological polar surface area (TPSA) is 112 Å². The maximum atomic E-state index is 10.9. The SMILES string of the molecule is [2H]c1c([2H])c(S(=O)(=O)O)c([2H])c(C(=O)O)c1O. The molecule has 14 heavy (non-hydrogen) atoms. The summed E-state index contributed by atoms with van der Waals surface area (Å²) in [5, 5.41) is 17.9. The van der Waals surface area contributed by atoms with Gasteiger partial charge in [0.15, 0.2) is 0 Å². The molecule has 0 radical (unpaired) electrons. The molecule has 7 heteroatoms. The van der Waals surface area contributed by atoms with Crippen molar-refractivity contribution in [3.05, 3.63) is 23.7 Å². The zero-order valence-corrected chi connectivity index (χ0v) is 7.29. The highest BCUT2D eigenvalue weighted by molar-refractivity contribution is 7.85. The summed E-state index contributed by atoms with van der Waals surface area (Å²) in [5.74, 6) is -3.04. The van der Waals surface area contributed by atoms with Gasteiger partial charge in [0.25, 0.3) is 10.1 Å². The van der Waals surface area contributed by atoms with Gasteiger partial charge in [-0.05, 0) is 18.1 Å². The van der Waals surface area contributed by atoms with Crippen molar-refractivity contribution in [1.29, 1.82) is 0 Å². The average Bonchev–Trinajstić information content (AvgIpc) is 2.11. The van der Waals surface area contributed by atoms with Crippen LogP contribution in [0, 0.1) is 0 Å². The smallest absolute Gasteiger partial charge is 0.339 e. The number of carboxylic acids is 1. The van der Waals surface area contributed by atoms with Gasteiger partial charge in [0.05, 0.1) is 9.01 Å². The van der Waals surface area contributed by atoms with Crippen LogP contribution in [0.1, 0.15) is 14.5 Å². The second-order valence-corrected chi connectivity index (χ2v) is 3.57. The molecule has 6 nitrogen and oxygen atoms in total. The Morgan fingerprint density at radius 2 is 2.00 bits per heavy atom. The Balaban J connectivity index is 3.95. The fourth-order valence-electron chi connectivity index (χ4n) is 0.666. The van der Waals surface area contributed by atoms with E-state index in [9.17, 15) is 18.3 Å². The molecule has 1 rings (SSSR count). The lowest BCUT2D eigenvalue weighted by atomic mass is 10.2. The fourth-order valence-corrected chi connectivity index (χ4v) is 1.08. The van der Waals surface area contributed by atoms with Crippen molar-refractivity contribution in [1.82, 2.24) is 0 Å². The van der Waals surface area contributed by atoms with E-state index < -0.39 is 50.4 Å². The zero-order valence-electron chi connectivity index (χ0n) is 9.47. The Bertz CT molecular complexity index is 609. The summed E-state index contributed by atoms with van der Waals surface area (Å²) in [6, 6.07) is -3.47. The molecule has 0 spiro atoms. The highest BCUT2D eigenvalue weighted by atomic mass is 32.2. The van der Waals surface area contributed by atoms with Crippen LogP contribution in [0.4, 0.5) is 0 Å². The molecule has 0 aromatic heterocycles. The van der Waals surface area contributed by atoms with E-state index in [1.165, 1.54) is 0 Å². The van der Waals surface area contributed by atoms with Crippen LogP contribution in [0.15, 0.2) is 23.0 Å². The zero-order chi connectivity index (χ0) is 13.5. The van der Waals surface area contributed by atoms with Crippen molar-refractivity contribution in [3.63, 3.8) is 0 Å². The van der Waals surface area contributed by atoms with E-state index in [1.54, 1.807) is 0 Å². The largest absolute Gasteiger partial charge is 0.507 e. The minimum Gasteiger partial charge on any atom is -0.507 e. The lowest BCUT2D eigenvalue weighted by Crippen LogP contribution is -2.02. The van der Waals surface area contributed by atoms with Crippen LogP contribution < -0.4 is 0 Å². The number of carboxylic acid groups (broad SMARTS) is 1. The Morgan fingerprint density at radius 3 is 2.43 bits per heavy atom. The molecule has 0 saturated carbocycles. The lowest BCUT2D eigenvalue weighted by molar-refractivity contribution is 0.0693. The second kappa shape index (κ2) is 3.28.